The molecule has 1 aromatic carbocycles. The third-order valence-corrected chi connectivity index (χ3v) is 3.10. The first-order valence-electron chi connectivity index (χ1n) is 6.61. The molecular formula is C16H20N2O. The van der Waals surface area contributed by atoms with Crippen LogP contribution in [0.25, 0.3) is 0 Å². The van der Waals surface area contributed by atoms with Crippen LogP contribution in [0.5, 0.6) is 5.75 Å². The zero-order valence-corrected chi connectivity index (χ0v) is 11.5. The van der Waals surface area contributed by atoms with E-state index < -0.39 is 0 Å². The summed E-state index contributed by atoms with van der Waals surface area (Å²) in [6, 6.07) is 12.0. The Morgan fingerprint density at radius 3 is 2.79 bits per heavy atom. The Morgan fingerprint density at radius 1 is 1.11 bits per heavy atom. The van der Waals surface area contributed by atoms with Gasteiger partial charge >= 0.3 is 0 Å². The minimum Gasteiger partial charge on any atom is -0.493 e. The molecule has 0 amide bonds. The van der Waals surface area contributed by atoms with Gasteiger partial charge in [-0.1, -0.05) is 18.2 Å². The van der Waals surface area contributed by atoms with Crippen molar-refractivity contribution in [2.75, 3.05) is 18.5 Å². The summed E-state index contributed by atoms with van der Waals surface area (Å²) in [5.41, 5.74) is 2.49. The summed E-state index contributed by atoms with van der Waals surface area (Å²) in [6.45, 7) is 5.77. The molecule has 2 rings (SSSR count). The first kappa shape index (κ1) is 13.4. The minimum absolute atomic E-state index is 0.712. The second-order valence-corrected chi connectivity index (χ2v) is 4.54. The molecule has 3 heteroatoms. The van der Waals surface area contributed by atoms with E-state index in [4.69, 9.17) is 4.74 Å². The predicted molar refractivity (Wildman–Crippen MR) is 78.8 cm³/mol. The van der Waals surface area contributed by atoms with Gasteiger partial charge in [0.2, 0.25) is 0 Å². The number of aromatic nitrogens is 1. The molecular weight excluding hydrogens is 236 g/mol. The third-order valence-electron chi connectivity index (χ3n) is 3.10. The zero-order chi connectivity index (χ0) is 13.5. The molecule has 3 nitrogen and oxygen atoms in total. The minimum atomic E-state index is 0.712. The molecule has 0 atom stereocenters. The van der Waals surface area contributed by atoms with Crippen LogP contribution < -0.4 is 10.1 Å². The highest BCUT2D eigenvalue weighted by molar-refractivity contribution is 5.38. The van der Waals surface area contributed by atoms with Crippen molar-refractivity contribution in [1.29, 1.82) is 0 Å². The summed E-state index contributed by atoms with van der Waals surface area (Å²) >= 11 is 0. The molecule has 0 aliphatic carbocycles. The number of ether oxygens (including phenoxy) is 1. The maximum Gasteiger partial charge on any atom is 0.125 e. The quantitative estimate of drug-likeness (QED) is 0.802. The van der Waals surface area contributed by atoms with Gasteiger partial charge in [-0.05, 0) is 49.6 Å². The lowest BCUT2D eigenvalue weighted by atomic mass is 10.1. The fraction of sp³-hybridized carbons (Fsp3) is 0.312. The van der Waals surface area contributed by atoms with Crippen LogP contribution >= 0.6 is 0 Å². The van der Waals surface area contributed by atoms with Crippen LogP contribution in [0, 0.1) is 13.8 Å². The van der Waals surface area contributed by atoms with Gasteiger partial charge in [0.1, 0.15) is 11.6 Å². The Balaban J connectivity index is 1.71. The van der Waals surface area contributed by atoms with E-state index in [-0.39, 0.29) is 0 Å². The van der Waals surface area contributed by atoms with Crippen LogP contribution in [0.4, 0.5) is 5.82 Å². The SMILES string of the molecule is Cc1cccc(OCCCNc2ccccn2)c1C. The number of nitrogens with one attached hydrogen (secondary N) is 1. The number of hydrogen-bond acceptors (Lipinski definition) is 3. The molecule has 0 fully saturated rings. The van der Waals surface area contributed by atoms with E-state index in [1.54, 1.807) is 6.20 Å². The molecule has 2 aromatic rings. The second kappa shape index (κ2) is 6.78. The molecule has 0 unspecified atom stereocenters. The van der Waals surface area contributed by atoms with Crippen LogP contribution in [-0.4, -0.2) is 18.1 Å². The molecule has 0 aliphatic rings. The van der Waals surface area contributed by atoms with Crippen molar-refractivity contribution in [2.24, 2.45) is 0 Å². The first-order valence-corrected chi connectivity index (χ1v) is 6.61. The van der Waals surface area contributed by atoms with Crippen LogP contribution in [0.15, 0.2) is 42.6 Å². The van der Waals surface area contributed by atoms with Gasteiger partial charge in [0.25, 0.3) is 0 Å². The van der Waals surface area contributed by atoms with E-state index in [1.165, 1.54) is 11.1 Å². The highest BCUT2D eigenvalue weighted by Gasteiger charge is 2.01. The molecule has 0 aliphatic heterocycles. The monoisotopic (exact) mass is 256 g/mol. The molecule has 1 heterocycles. The number of hydrogen-bond donors (Lipinski definition) is 1. The third kappa shape index (κ3) is 3.98. The molecule has 0 saturated carbocycles. The van der Waals surface area contributed by atoms with Crippen molar-refractivity contribution in [3.63, 3.8) is 0 Å². The number of rotatable bonds is 6. The highest BCUT2D eigenvalue weighted by atomic mass is 16.5. The van der Waals surface area contributed by atoms with Gasteiger partial charge in [0.05, 0.1) is 6.61 Å². The molecule has 0 bridgehead atoms. The van der Waals surface area contributed by atoms with Gasteiger partial charge < -0.3 is 10.1 Å². The number of pyridine rings is 1. The zero-order valence-electron chi connectivity index (χ0n) is 11.5. The van der Waals surface area contributed by atoms with Crippen LogP contribution in [-0.2, 0) is 0 Å². The topological polar surface area (TPSA) is 34.1 Å². The fourth-order valence-electron chi connectivity index (χ4n) is 1.82. The summed E-state index contributed by atoms with van der Waals surface area (Å²) in [4.78, 5) is 4.21. The van der Waals surface area contributed by atoms with E-state index in [2.05, 4.69) is 30.2 Å². The predicted octanol–water partition coefficient (Wildman–Crippen LogP) is 3.58. The van der Waals surface area contributed by atoms with E-state index in [1.807, 2.05) is 30.3 Å². The lowest BCUT2D eigenvalue weighted by Gasteiger charge is -2.11. The van der Waals surface area contributed by atoms with Crippen molar-refractivity contribution in [3.05, 3.63) is 53.7 Å². The average Bonchev–Trinajstić information content (AvgIpc) is 2.44. The summed E-state index contributed by atoms with van der Waals surface area (Å²) in [6.07, 6.45) is 2.74. The summed E-state index contributed by atoms with van der Waals surface area (Å²) in [5, 5.41) is 3.27. The van der Waals surface area contributed by atoms with Crippen molar-refractivity contribution < 1.29 is 4.74 Å². The van der Waals surface area contributed by atoms with Gasteiger partial charge in [0.15, 0.2) is 0 Å². The van der Waals surface area contributed by atoms with Crippen molar-refractivity contribution in [2.45, 2.75) is 20.3 Å². The molecule has 1 aromatic heterocycles. The number of anilines is 1. The highest BCUT2D eigenvalue weighted by Crippen LogP contribution is 2.20. The van der Waals surface area contributed by atoms with Crippen LogP contribution in [0.2, 0.25) is 0 Å². The average molecular weight is 256 g/mol. The molecule has 100 valence electrons. The van der Waals surface area contributed by atoms with Crippen LogP contribution in [0.3, 0.4) is 0 Å². The van der Waals surface area contributed by atoms with Crippen molar-refractivity contribution in [3.8, 4) is 5.75 Å². The molecule has 0 radical (unpaired) electrons. The Bertz CT molecular complexity index is 511. The standard InChI is InChI=1S/C16H20N2O/c1-13-7-5-8-15(14(13)2)19-12-6-11-18-16-9-3-4-10-17-16/h3-5,7-10H,6,11-12H2,1-2H3,(H,17,18). The Hall–Kier alpha value is -2.03. The van der Waals surface area contributed by atoms with Gasteiger partial charge in [-0.3, -0.25) is 0 Å². The lowest BCUT2D eigenvalue weighted by Crippen LogP contribution is -2.08. The van der Waals surface area contributed by atoms with Gasteiger partial charge in [-0.15, -0.1) is 0 Å². The molecule has 1 N–H and O–H groups in total. The van der Waals surface area contributed by atoms with Crippen molar-refractivity contribution in [1.82, 2.24) is 4.98 Å². The Morgan fingerprint density at radius 2 is 2.00 bits per heavy atom. The Kier molecular flexibility index (Phi) is 4.78. The summed E-state index contributed by atoms with van der Waals surface area (Å²) < 4.78 is 5.80. The van der Waals surface area contributed by atoms with E-state index in [0.29, 0.717) is 6.61 Å². The second-order valence-electron chi connectivity index (χ2n) is 4.54. The summed E-state index contributed by atoms with van der Waals surface area (Å²) in [5.74, 6) is 1.90. The number of benzene rings is 1. The number of nitrogens with zero attached hydrogens (tertiary/aromatic N) is 1. The smallest absolute Gasteiger partial charge is 0.125 e. The summed E-state index contributed by atoms with van der Waals surface area (Å²) in [7, 11) is 0. The van der Waals surface area contributed by atoms with Crippen LogP contribution in [0.1, 0.15) is 17.5 Å². The molecule has 19 heavy (non-hydrogen) atoms. The van der Waals surface area contributed by atoms with Gasteiger partial charge in [0, 0.05) is 12.7 Å². The fourth-order valence-corrected chi connectivity index (χ4v) is 1.82. The maximum atomic E-state index is 5.80. The van der Waals surface area contributed by atoms with E-state index in [0.717, 1.165) is 24.5 Å². The van der Waals surface area contributed by atoms with E-state index >= 15 is 0 Å². The normalized spacial score (nSPS) is 10.2. The lowest BCUT2D eigenvalue weighted by molar-refractivity contribution is 0.312. The van der Waals surface area contributed by atoms with Gasteiger partial charge in [-0.2, -0.15) is 0 Å². The molecule has 0 spiro atoms. The maximum absolute atomic E-state index is 5.80. The largest absolute Gasteiger partial charge is 0.493 e. The first-order chi connectivity index (χ1) is 9.27. The molecule has 0 saturated heterocycles. The van der Waals surface area contributed by atoms with Gasteiger partial charge in [-0.25, -0.2) is 4.98 Å². The Labute approximate surface area is 114 Å². The van der Waals surface area contributed by atoms with E-state index in [9.17, 15) is 0 Å². The van der Waals surface area contributed by atoms with Crippen molar-refractivity contribution >= 4 is 5.82 Å². The number of aryl methyl sites for hydroxylation is 1.